The Hall–Kier alpha value is -3.00. The number of hydrogen-bond donors (Lipinski definition) is 2. The number of rotatable bonds is 4. The van der Waals surface area contributed by atoms with Crippen molar-refractivity contribution in [3.05, 3.63) is 52.6 Å². The van der Waals surface area contributed by atoms with Crippen LogP contribution in [-0.2, 0) is 0 Å². The lowest BCUT2D eigenvalue weighted by atomic mass is 10.1. The monoisotopic (exact) mass is 454 g/mol. The second kappa shape index (κ2) is 7.44. The van der Waals surface area contributed by atoms with Crippen LogP contribution in [0.15, 0.2) is 47.1 Å². The molecule has 1 aromatic heterocycles. The standard InChI is InChI=1S/C21H19BrN4O3/c1-2-7-27-21-23-10-14-12-5-3-4-6-16(12)25-19(29-20(14)26-21)13-8-17-18(9-15(13)22)28-11-24-17/h3-6,8-10,19,24-25H,2,7,11H2,1H3. The molecule has 0 aliphatic carbocycles. The minimum Gasteiger partial charge on any atom is -0.471 e. The molecule has 0 radical (unpaired) electrons. The van der Waals surface area contributed by atoms with E-state index in [1.165, 1.54) is 0 Å². The summed E-state index contributed by atoms with van der Waals surface area (Å²) in [5.41, 5.74) is 4.60. The van der Waals surface area contributed by atoms with Gasteiger partial charge in [-0.1, -0.05) is 41.1 Å². The van der Waals surface area contributed by atoms with Gasteiger partial charge in [0.05, 0.1) is 17.9 Å². The van der Waals surface area contributed by atoms with Crippen molar-refractivity contribution in [2.75, 3.05) is 24.0 Å². The molecule has 7 nitrogen and oxygen atoms in total. The summed E-state index contributed by atoms with van der Waals surface area (Å²) < 4.78 is 18.4. The molecule has 29 heavy (non-hydrogen) atoms. The molecular formula is C21H19BrN4O3. The lowest BCUT2D eigenvalue weighted by Crippen LogP contribution is -2.17. The number of nitrogens with zero attached hydrogens (tertiary/aromatic N) is 2. The molecule has 5 rings (SSSR count). The maximum atomic E-state index is 6.35. The van der Waals surface area contributed by atoms with Gasteiger partial charge in [-0.3, -0.25) is 0 Å². The van der Waals surface area contributed by atoms with Gasteiger partial charge < -0.3 is 24.8 Å². The van der Waals surface area contributed by atoms with Gasteiger partial charge in [-0.25, -0.2) is 4.98 Å². The van der Waals surface area contributed by atoms with Gasteiger partial charge in [0.25, 0.3) is 0 Å². The third-order valence-corrected chi connectivity index (χ3v) is 5.46. The van der Waals surface area contributed by atoms with Crippen molar-refractivity contribution in [1.82, 2.24) is 9.97 Å². The molecule has 3 heterocycles. The van der Waals surface area contributed by atoms with Crippen molar-refractivity contribution in [2.45, 2.75) is 19.6 Å². The number of hydrogen-bond acceptors (Lipinski definition) is 7. The molecule has 0 amide bonds. The van der Waals surface area contributed by atoms with Gasteiger partial charge in [0.15, 0.2) is 13.0 Å². The van der Waals surface area contributed by atoms with Crippen LogP contribution in [-0.4, -0.2) is 23.3 Å². The van der Waals surface area contributed by atoms with Crippen LogP contribution in [0.5, 0.6) is 17.6 Å². The quantitative estimate of drug-likeness (QED) is 0.576. The highest BCUT2D eigenvalue weighted by atomic mass is 79.9. The van der Waals surface area contributed by atoms with Crippen LogP contribution in [0.3, 0.4) is 0 Å². The molecule has 2 aromatic carbocycles. The highest BCUT2D eigenvalue weighted by molar-refractivity contribution is 9.10. The molecule has 2 N–H and O–H groups in total. The molecule has 0 saturated carbocycles. The van der Waals surface area contributed by atoms with Crippen LogP contribution in [0.4, 0.5) is 11.4 Å². The largest absolute Gasteiger partial charge is 0.471 e. The molecule has 1 atom stereocenters. The molecule has 2 aliphatic heterocycles. The van der Waals surface area contributed by atoms with Gasteiger partial charge in [-0.2, -0.15) is 4.98 Å². The summed E-state index contributed by atoms with van der Waals surface area (Å²) in [6.07, 6.45) is 2.17. The van der Waals surface area contributed by atoms with E-state index in [4.69, 9.17) is 14.2 Å². The third kappa shape index (κ3) is 3.33. The average molecular weight is 455 g/mol. The Morgan fingerprint density at radius 1 is 1.21 bits per heavy atom. The lowest BCUT2D eigenvalue weighted by molar-refractivity contribution is 0.220. The van der Waals surface area contributed by atoms with Crippen molar-refractivity contribution in [3.8, 4) is 28.8 Å². The number of halogens is 1. The van der Waals surface area contributed by atoms with Gasteiger partial charge >= 0.3 is 6.01 Å². The first-order valence-electron chi connectivity index (χ1n) is 9.45. The van der Waals surface area contributed by atoms with Crippen molar-refractivity contribution in [3.63, 3.8) is 0 Å². The zero-order valence-corrected chi connectivity index (χ0v) is 17.3. The fourth-order valence-electron chi connectivity index (χ4n) is 3.38. The number of fused-ring (bicyclic) bond motifs is 4. The summed E-state index contributed by atoms with van der Waals surface area (Å²) in [6.45, 7) is 3.06. The van der Waals surface area contributed by atoms with Crippen LogP contribution in [0.1, 0.15) is 25.1 Å². The van der Waals surface area contributed by atoms with E-state index < -0.39 is 6.23 Å². The average Bonchev–Trinajstić information content (AvgIpc) is 3.12. The van der Waals surface area contributed by atoms with Gasteiger partial charge in [-0.15, -0.1) is 0 Å². The first kappa shape index (κ1) is 18.1. The van der Waals surface area contributed by atoms with E-state index in [0.717, 1.165) is 44.7 Å². The van der Waals surface area contributed by atoms with E-state index in [9.17, 15) is 0 Å². The number of benzene rings is 2. The van der Waals surface area contributed by atoms with E-state index in [0.29, 0.717) is 25.2 Å². The molecule has 0 saturated heterocycles. The molecule has 148 valence electrons. The van der Waals surface area contributed by atoms with Gasteiger partial charge in [0.1, 0.15) is 5.75 Å². The van der Waals surface area contributed by atoms with Gasteiger partial charge in [-0.05, 0) is 24.6 Å². The number of aromatic nitrogens is 2. The van der Waals surface area contributed by atoms with E-state index in [-0.39, 0.29) is 0 Å². The van der Waals surface area contributed by atoms with Crippen LogP contribution >= 0.6 is 15.9 Å². The molecule has 0 fully saturated rings. The molecule has 3 aromatic rings. The zero-order chi connectivity index (χ0) is 19.8. The van der Waals surface area contributed by atoms with E-state index in [1.807, 2.05) is 43.3 Å². The Bertz CT molecular complexity index is 1080. The molecule has 0 bridgehead atoms. The predicted molar refractivity (Wildman–Crippen MR) is 114 cm³/mol. The first-order chi connectivity index (χ1) is 14.2. The lowest BCUT2D eigenvalue weighted by Gasteiger charge is -2.21. The SMILES string of the molecule is CCCOc1ncc2c(n1)OC(c1cc3c(cc1Br)OCN3)Nc1ccccc1-2. The Kier molecular flexibility index (Phi) is 4.63. The zero-order valence-electron chi connectivity index (χ0n) is 15.7. The molecular weight excluding hydrogens is 436 g/mol. The molecule has 2 aliphatic rings. The second-order valence-corrected chi connectivity index (χ2v) is 7.60. The van der Waals surface area contributed by atoms with E-state index >= 15 is 0 Å². The summed E-state index contributed by atoms with van der Waals surface area (Å²) in [6, 6.07) is 12.3. The number of para-hydroxylation sites is 1. The summed E-state index contributed by atoms with van der Waals surface area (Å²) in [7, 11) is 0. The smallest absolute Gasteiger partial charge is 0.319 e. The van der Waals surface area contributed by atoms with Crippen LogP contribution in [0, 0.1) is 0 Å². The number of anilines is 2. The summed E-state index contributed by atoms with van der Waals surface area (Å²) in [4.78, 5) is 8.89. The Labute approximate surface area is 176 Å². The van der Waals surface area contributed by atoms with Crippen molar-refractivity contribution >= 4 is 27.3 Å². The molecule has 0 spiro atoms. The van der Waals surface area contributed by atoms with Gasteiger partial charge in [0.2, 0.25) is 5.88 Å². The Balaban J connectivity index is 1.60. The summed E-state index contributed by atoms with van der Waals surface area (Å²) in [5.74, 6) is 1.29. The third-order valence-electron chi connectivity index (χ3n) is 4.77. The van der Waals surface area contributed by atoms with Crippen molar-refractivity contribution < 1.29 is 14.2 Å². The summed E-state index contributed by atoms with van der Waals surface area (Å²) >= 11 is 3.65. The van der Waals surface area contributed by atoms with Crippen LogP contribution in [0.2, 0.25) is 0 Å². The maximum absolute atomic E-state index is 6.35. The molecule has 1 unspecified atom stereocenters. The first-order valence-corrected chi connectivity index (χ1v) is 10.2. The second-order valence-electron chi connectivity index (χ2n) is 6.74. The summed E-state index contributed by atoms with van der Waals surface area (Å²) in [5, 5.41) is 6.71. The normalized spacial score (nSPS) is 16.1. The predicted octanol–water partition coefficient (Wildman–Crippen LogP) is 4.96. The van der Waals surface area contributed by atoms with Crippen LogP contribution < -0.4 is 24.8 Å². The maximum Gasteiger partial charge on any atom is 0.319 e. The van der Waals surface area contributed by atoms with Gasteiger partial charge in [0, 0.05) is 27.5 Å². The highest BCUT2D eigenvalue weighted by Crippen LogP contribution is 2.44. The number of ether oxygens (including phenoxy) is 3. The number of nitrogens with one attached hydrogen (secondary N) is 2. The highest BCUT2D eigenvalue weighted by Gasteiger charge is 2.28. The van der Waals surface area contributed by atoms with Crippen molar-refractivity contribution in [1.29, 1.82) is 0 Å². The minimum absolute atomic E-state index is 0.312. The van der Waals surface area contributed by atoms with E-state index in [1.54, 1.807) is 6.20 Å². The van der Waals surface area contributed by atoms with E-state index in [2.05, 4.69) is 36.5 Å². The van der Waals surface area contributed by atoms with Crippen LogP contribution in [0.25, 0.3) is 11.1 Å². The fourth-order valence-corrected chi connectivity index (χ4v) is 3.91. The topological polar surface area (TPSA) is 77.5 Å². The Morgan fingerprint density at radius 3 is 3.00 bits per heavy atom. The fraction of sp³-hybridized carbons (Fsp3) is 0.238. The Morgan fingerprint density at radius 2 is 2.10 bits per heavy atom. The minimum atomic E-state index is -0.464. The molecule has 8 heteroatoms. The van der Waals surface area contributed by atoms with Crippen molar-refractivity contribution in [2.24, 2.45) is 0 Å².